The van der Waals surface area contributed by atoms with Crippen molar-refractivity contribution in [1.29, 1.82) is 0 Å². The summed E-state index contributed by atoms with van der Waals surface area (Å²) in [6.07, 6.45) is 1.46. The lowest BCUT2D eigenvalue weighted by molar-refractivity contribution is -0.134. The van der Waals surface area contributed by atoms with Gasteiger partial charge < -0.3 is 18.9 Å². The number of benzene rings is 3. The molecule has 3 aromatic carbocycles. The van der Waals surface area contributed by atoms with Crippen LogP contribution in [0.1, 0.15) is 34.7 Å². The SMILES string of the molecule is COc1ccc(C2CC(c3ccc(OC)c(OC)c3)=NN2C(=O)CN2CCc3ccccc3C2)c(OC)c1. The molecule has 0 fully saturated rings. The third kappa shape index (κ3) is 5.04. The van der Waals surface area contributed by atoms with E-state index in [0.29, 0.717) is 29.4 Å². The molecule has 38 heavy (non-hydrogen) atoms. The molecule has 2 aliphatic rings. The molecule has 3 aromatic rings. The van der Waals surface area contributed by atoms with Crippen molar-refractivity contribution in [2.45, 2.75) is 25.4 Å². The van der Waals surface area contributed by atoms with Crippen molar-refractivity contribution in [2.24, 2.45) is 5.10 Å². The summed E-state index contributed by atoms with van der Waals surface area (Å²) in [6.45, 7) is 1.86. The summed E-state index contributed by atoms with van der Waals surface area (Å²) in [4.78, 5) is 16.0. The van der Waals surface area contributed by atoms with Gasteiger partial charge in [-0.25, -0.2) is 5.01 Å². The third-order valence-corrected chi connectivity index (χ3v) is 7.25. The molecule has 0 saturated heterocycles. The summed E-state index contributed by atoms with van der Waals surface area (Å²) in [5, 5.41) is 6.49. The lowest BCUT2D eigenvalue weighted by Crippen LogP contribution is -2.40. The largest absolute Gasteiger partial charge is 0.497 e. The molecule has 0 aromatic heterocycles. The van der Waals surface area contributed by atoms with Crippen molar-refractivity contribution < 1.29 is 23.7 Å². The second kappa shape index (κ2) is 11.1. The second-order valence-corrected chi connectivity index (χ2v) is 9.41. The van der Waals surface area contributed by atoms with Crippen LogP contribution in [0.5, 0.6) is 23.0 Å². The average molecular weight is 516 g/mol. The van der Waals surface area contributed by atoms with Gasteiger partial charge in [0.2, 0.25) is 0 Å². The van der Waals surface area contributed by atoms with Crippen molar-refractivity contribution in [1.82, 2.24) is 9.91 Å². The van der Waals surface area contributed by atoms with Crippen LogP contribution in [0, 0.1) is 0 Å². The van der Waals surface area contributed by atoms with Crippen molar-refractivity contribution >= 4 is 11.6 Å². The Morgan fingerprint density at radius 2 is 1.63 bits per heavy atom. The first-order chi connectivity index (χ1) is 18.5. The van der Waals surface area contributed by atoms with Crippen LogP contribution in [0.4, 0.5) is 0 Å². The van der Waals surface area contributed by atoms with Crippen LogP contribution < -0.4 is 18.9 Å². The van der Waals surface area contributed by atoms with Crippen molar-refractivity contribution in [3.8, 4) is 23.0 Å². The van der Waals surface area contributed by atoms with Crippen molar-refractivity contribution in [3.63, 3.8) is 0 Å². The molecule has 0 N–H and O–H groups in total. The second-order valence-electron chi connectivity index (χ2n) is 9.41. The fourth-order valence-electron chi connectivity index (χ4n) is 5.22. The van der Waals surface area contributed by atoms with Crippen LogP contribution in [0.15, 0.2) is 65.8 Å². The number of hydrazone groups is 1. The highest BCUT2D eigenvalue weighted by molar-refractivity contribution is 6.03. The molecule has 0 radical (unpaired) electrons. The summed E-state index contributed by atoms with van der Waals surface area (Å²) < 4.78 is 22.0. The quantitative estimate of drug-likeness (QED) is 0.441. The van der Waals surface area contributed by atoms with E-state index in [-0.39, 0.29) is 18.5 Å². The summed E-state index contributed by atoms with van der Waals surface area (Å²) in [5.41, 5.74) is 5.18. The standard InChI is InChI=1S/C30H33N3O5/c1-35-23-10-11-24(28(16-23)37-3)26-17-25(21-9-12-27(36-2)29(15-21)38-4)31-33(26)30(34)19-32-14-13-20-7-5-6-8-22(20)18-32/h5-12,15-16,26H,13-14,17-19H2,1-4H3. The van der Waals surface area contributed by atoms with E-state index < -0.39 is 0 Å². The zero-order chi connectivity index (χ0) is 26.6. The first-order valence-electron chi connectivity index (χ1n) is 12.7. The van der Waals surface area contributed by atoms with Gasteiger partial charge in [0.05, 0.1) is 46.7 Å². The van der Waals surface area contributed by atoms with Crippen LogP contribution in [0.2, 0.25) is 0 Å². The number of hydrogen-bond donors (Lipinski definition) is 0. The van der Waals surface area contributed by atoms with Crippen LogP contribution in [0.25, 0.3) is 0 Å². The van der Waals surface area contributed by atoms with Gasteiger partial charge in [-0.2, -0.15) is 5.10 Å². The topological polar surface area (TPSA) is 72.8 Å². The van der Waals surface area contributed by atoms with E-state index in [1.807, 2.05) is 36.4 Å². The minimum atomic E-state index is -0.316. The number of hydrogen-bond acceptors (Lipinski definition) is 7. The van der Waals surface area contributed by atoms with Crippen LogP contribution in [-0.4, -0.2) is 63.1 Å². The fraction of sp³-hybridized carbons (Fsp3) is 0.333. The van der Waals surface area contributed by atoms with E-state index in [1.54, 1.807) is 33.4 Å². The maximum atomic E-state index is 13.8. The average Bonchev–Trinajstić information content (AvgIpc) is 3.41. The molecule has 5 rings (SSSR count). The van der Waals surface area contributed by atoms with E-state index in [9.17, 15) is 4.79 Å². The normalized spacial score (nSPS) is 17.0. The minimum absolute atomic E-state index is 0.0530. The van der Waals surface area contributed by atoms with Gasteiger partial charge in [0.25, 0.3) is 5.91 Å². The molecule has 0 aliphatic carbocycles. The molecule has 0 saturated carbocycles. The zero-order valence-electron chi connectivity index (χ0n) is 22.3. The summed E-state index contributed by atoms with van der Waals surface area (Å²) in [7, 11) is 6.46. The monoisotopic (exact) mass is 515 g/mol. The molecule has 0 spiro atoms. The number of fused-ring (bicyclic) bond motifs is 1. The lowest BCUT2D eigenvalue weighted by atomic mass is 9.97. The first-order valence-corrected chi connectivity index (χ1v) is 12.7. The Hall–Kier alpha value is -4.04. The Morgan fingerprint density at radius 1 is 0.868 bits per heavy atom. The Bertz CT molecular complexity index is 1360. The Balaban J connectivity index is 1.46. The molecule has 2 aliphatic heterocycles. The Kier molecular flexibility index (Phi) is 7.51. The highest BCUT2D eigenvalue weighted by Crippen LogP contribution is 2.40. The number of methoxy groups -OCH3 is 4. The number of amides is 1. The molecule has 198 valence electrons. The van der Waals surface area contributed by atoms with Gasteiger partial charge in [0.1, 0.15) is 11.5 Å². The Morgan fingerprint density at radius 3 is 2.37 bits per heavy atom. The van der Waals surface area contributed by atoms with Crippen LogP contribution >= 0.6 is 0 Å². The van der Waals surface area contributed by atoms with Crippen LogP contribution in [-0.2, 0) is 17.8 Å². The minimum Gasteiger partial charge on any atom is -0.497 e. The molecule has 8 heteroatoms. The van der Waals surface area contributed by atoms with E-state index in [4.69, 9.17) is 24.0 Å². The maximum Gasteiger partial charge on any atom is 0.257 e. The van der Waals surface area contributed by atoms with Gasteiger partial charge in [-0.3, -0.25) is 9.69 Å². The summed E-state index contributed by atoms with van der Waals surface area (Å²) in [5.74, 6) is 2.55. The summed E-state index contributed by atoms with van der Waals surface area (Å²) in [6, 6.07) is 19.5. The van der Waals surface area contributed by atoms with Gasteiger partial charge in [0.15, 0.2) is 11.5 Å². The molecule has 2 heterocycles. The fourth-order valence-corrected chi connectivity index (χ4v) is 5.22. The van der Waals surface area contributed by atoms with Gasteiger partial charge in [-0.1, -0.05) is 24.3 Å². The first kappa shape index (κ1) is 25.6. The van der Waals surface area contributed by atoms with Gasteiger partial charge >= 0.3 is 0 Å². The van der Waals surface area contributed by atoms with E-state index >= 15 is 0 Å². The van der Waals surface area contributed by atoms with E-state index in [2.05, 4.69) is 29.2 Å². The molecule has 0 bridgehead atoms. The molecular formula is C30H33N3O5. The number of rotatable bonds is 8. The smallest absolute Gasteiger partial charge is 0.257 e. The van der Waals surface area contributed by atoms with E-state index in [0.717, 1.165) is 36.3 Å². The van der Waals surface area contributed by atoms with Crippen molar-refractivity contribution in [2.75, 3.05) is 41.5 Å². The molecular weight excluding hydrogens is 482 g/mol. The van der Waals surface area contributed by atoms with Gasteiger partial charge in [-0.05, 0) is 47.9 Å². The highest BCUT2D eigenvalue weighted by atomic mass is 16.5. The van der Waals surface area contributed by atoms with Crippen LogP contribution in [0.3, 0.4) is 0 Å². The van der Waals surface area contributed by atoms with Crippen molar-refractivity contribution in [3.05, 3.63) is 82.9 Å². The van der Waals surface area contributed by atoms with E-state index in [1.165, 1.54) is 11.1 Å². The third-order valence-electron chi connectivity index (χ3n) is 7.25. The highest BCUT2D eigenvalue weighted by Gasteiger charge is 2.36. The maximum absolute atomic E-state index is 13.8. The number of carbonyl (C=O) groups excluding carboxylic acids is 1. The number of ether oxygens (including phenoxy) is 4. The number of nitrogens with zero attached hydrogens (tertiary/aromatic N) is 3. The molecule has 1 unspecified atom stereocenters. The Labute approximate surface area is 223 Å². The molecule has 1 amide bonds. The zero-order valence-corrected chi connectivity index (χ0v) is 22.3. The predicted molar refractivity (Wildman–Crippen MR) is 145 cm³/mol. The van der Waals surface area contributed by atoms with Gasteiger partial charge in [0, 0.05) is 36.7 Å². The molecule has 8 nitrogen and oxygen atoms in total. The molecule has 1 atom stereocenters. The summed E-state index contributed by atoms with van der Waals surface area (Å²) >= 11 is 0. The lowest BCUT2D eigenvalue weighted by Gasteiger charge is -2.30. The number of carbonyl (C=O) groups is 1. The predicted octanol–water partition coefficient (Wildman–Crippen LogP) is 4.46. The van der Waals surface area contributed by atoms with Gasteiger partial charge in [-0.15, -0.1) is 0 Å².